The van der Waals surface area contributed by atoms with Crippen molar-refractivity contribution in [2.45, 2.75) is 277 Å². The Morgan fingerprint density at radius 1 is 0.276 bits per heavy atom. The molecule has 0 aromatic heterocycles. The van der Waals surface area contributed by atoms with Gasteiger partial charge in [-0.05, 0) is 122 Å². The Labute approximate surface area is 468 Å². The predicted octanol–water partition coefficient (Wildman–Crippen LogP) is 21.4. The van der Waals surface area contributed by atoms with Crippen LogP contribution in [0, 0.1) is 0 Å². The molecule has 0 saturated heterocycles. The lowest BCUT2D eigenvalue weighted by molar-refractivity contribution is -0.166. The Bertz CT molecular complexity index is 1630. The monoisotopic (exact) mass is 1050 g/mol. The number of ether oxygens (including phenoxy) is 3. The highest BCUT2D eigenvalue weighted by molar-refractivity contribution is 5.71. The lowest BCUT2D eigenvalue weighted by Crippen LogP contribution is -2.30. The average molecular weight is 1050 g/mol. The van der Waals surface area contributed by atoms with Crippen molar-refractivity contribution in [1.82, 2.24) is 0 Å². The van der Waals surface area contributed by atoms with Crippen LogP contribution in [-0.4, -0.2) is 37.2 Å². The van der Waals surface area contributed by atoms with Crippen LogP contribution in [0.15, 0.2) is 134 Å². The average Bonchev–Trinajstić information content (AvgIpc) is 3.42. The zero-order valence-corrected chi connectivity index (χ0v) is 49.2. The molecular formula is C70H114O6. The fourth-order valence-electron chi connectivity index (χ4n) is 8.28. The van der Waals surface area contributed by atoms with Gasteiger partial charge < -0.3 is 14.2 Å². The number of esters is 3. The van der Waals surface area contributed by atoms with Gasteiger partial charge in [0.1, 0.15) is 13.2 Å². The van der Waals surface area contributed by atoms with E-state index in [-0.39, 0.29) is 37.5 Å². The molecule has 0 aromatic rings. The molecule has 0 fully saturated rings. The van der Waals surface area contributed by atoms with E-state index in [1.54, 1.807) is 0 Å². The Morgan fingerprint density at radius 3 is 0.882 bits per heavy atom. The van der Waals surface area contributed by atoms with Gasteiger partial charge in [-0.3, -0.25) is 14.4 Å². The quantitative estimate of drug-likeness (QED) is 0.0261. The minimum absolute atomic E-state index is 0.109. The van der Waals surface area contributed by atoms with E-state index in [1.165, 1.54) is 103 Å². The molecule has 430 valence electrons. The minimum Gasteiger partial charge on any atom is -0.462 e. The molecule has 0 aliphatic heterocycles. The number of carbonyl (C=O) groups is 3. The number of hydrogen-bond donors (Lipinski definition) is 0. The molecule has 0 aliphatic carbocycles. The summed E-state index contributed by atoms with van der Waals surface area (Å²) in [6.07, 6.45) is 89.0. The van der Waals surface area contributed by atoms with Gasteiger partial charge in [0.05, 0.1) is 0 Å². The van der Waals surface area contributed by atoms with Gasteiger partial charge in [0.2, 0.25) is 0 Å². The smallest absolute Gasteiger partial charge is 0.306 e. The summed E-state index contributed by atoms with van der Waals surface area (Å²) in [6, 6.07) is 0. The molecule has 0 N–H and O–H groups in total. The highest BCUT2D eigenvalue weighted by Gasteiger charge is 2.19. The maximum absolute atomic E-state index is 12.9. The first-order chi connectivity index (χ1) is 37.5. The SMILES string of the molecule is CC/C=C\C/C=C\C/C=C\C/C=C\C/C=C\CCCCCCCCCCCCCCCC(=O)OCC(COC(=O)CC/C=C\C/C=C\C/C=C\C/C=C\CC)OC(=O)CCCCCCC/C=C\C/C=C\CCCCCC. The van der Waals surface area contributed by atoms with Gasteiger partial charge in [0.15, 0.2) is 6.10 Å². The topological polar surface area (TPSA) is 78.9 Å². The molecule has 0 amide bonds. The van der Waals surface area contributed by atoms with E-state index in [9.17, 15) is 14.4 Å². The Kier molecular flexibility index (Phi) is 59.4. The largest absolute Gasteiger partial charge is 0.462 e. The molecule has 0 rings (SSSR count). The second-order valence-electron chi connectivity index (χ2n) is 20.2. The van der Waals surface area contributed by atoms with Gasteiger partial charge >= 0.3 is 17.9 Å². The predicted molar refractivity (Wildman–Crippen MR) is 329 cm³/mol. The first kappa shape index (κ1) is 71.5. The zero-order chi connectivity index (χ0) is 55.0. The molecule has 1 atom stereocenters. The van der Waals surface area contributed by atoms with Crippen LogP contribution in [-0.2, 0) is 28.6 Å². The summed E-state index contributed by atoms with van der Waals surface area (Å²) in [6.45, 7) is 6.32. The lowest BCUT2D eigenvalue weighted by atomic mass is 10.0. The summed E-state index contributed by atoms with van der Waals surface area (Å²) in [5.41, 5.74) is 0. The van der Waals surface area contributed by atoms with Crippen molar-refractivity contribution in [2.24, 2.45) is 0 Å². The fraction of sp³-hybridized carbons (Fsp3) is 0.643. The summed E-state index contributed by atoms with van der Waals surface area (Å²) in [5, 5.41) is 0. The van der Waals surface area contributed by atoms with Gasteiger partial charge in [-0.2, -0.15) is 0 Å². The van der Waals surface area contributed by atoms with Crippen LogP contribution in [0.4, 0.5) is 0 Å². The summed E-state index contributed by atoms with van der Waals surface area (Å²) in [4.78, 5) is 38.2. The molecule has 6 nitrogen and oxygen atoms in total. The molecule has 0 heterocycles. The summed E-state index contributed by atoms with van der Waals surface area (Å²) in [5.74, 6) is -1.01. The Morgan fingerprint density at radius 2 is 0.539 bits per heavy atom. The van der Waals surface area contributed by atoms with E-state index in [0.29, 0.717) is 19.3 Å². The van der Waals surface area contributed by atoms with Crippen LogP contribution >= 0.6 is 0 Å². The standard InChI is InChI=1S/C70H114O6/c1-4-7-10-13-16-19-22-25-27-29-30-31-32-33-34-35-36-37-38-39-40-41-43-45-48-51-54-57-60-63-69(72)75-66-67(65-74-68(71)62-59-56-53-50-47-44-24-21-18-15-12-9-6-3)76-70(73)64-61-58-55-52-49-46-42-28-26-23-20-17-14-11-8-5-2/h7,9-10,12,16,18-21,23,25,27-28,30-31,33-34,42,44,47,53,56,67H,4-6,8,11,13-15,17,22,24,26,29,32,35-41,43,45-46,48-52,54-55,57-66H2,1-3H3/b10-7-,12-9-,19-16-,21-18-,23-20-,27-25-,31-30-,34-33-,42-28-,47-44-,56-53-. The molecule has 0 aromatic carbocycles. The van der Waals surface area contributed by atoms with Crippen LogP contribution < -0.4 is 0 Å². The number of allylic oxidation sites excluding steroid dienone is 22. The van der Waals surface area contributed by atoms with E-state index in [0.717, 1.165) is 122 Å². The fourth-order valence-corrected chi connectivity index (χ4v) is 8.28. The van der Waals surface area contributed by atoms with Gasteiger partial charge in [-0.15, -0.1) is 0 Å². The first-order valence-electron chi connectivity index (χ1n) is 31.2. The lowest BCUT2D eigenvalue weighted by Gasteiger charge is -2.18. The Hall–Kier alpha value is -4.45. The van der Waals surface area contributed by atoms with Crippen molar-refractivity contribution < 1.29 is 28.6 Å². The van der Waals surface area contributed by atoms with Crippen molar-refractivity contribution in [3.63, 3.8) is 0 Å². The molecule has 0 radical (unpaired) electrons. The van der Waals surface area contributed by atoms with Crippen LogP contribution in [0.2, 0.25) is 0 Å². The zero-order valence-electron chi connectivity index (χ0n) is 49.2. The summed E-state index contributed by atoms with van der Waals surface area (Å²) < 4.78 is 16.8. The maximum atomic E-state index is 12.9. The molecule has 6 heteroatoms. The van der Waals surface area contributed by atoms with E-state index in [4.69, 9.17) is 14.2 Å². The minimum atomic E-state index is -0.819. The summed E-state index contributed by atoms with van der Waals surface area (Å²) in [7, 11) is 0. The van der Waals surface area contributed by atoms with E-state index >= 15 is 0 Å². The molecule has 1 unspecified atom stereocenters. The summed E-state index contributed by atoms with van der Waals surface area (Å²) >= 11 is 0. The number of carbonyl (C=O) groups excluding carboxylic acids is 3. The van der Waals surface area contributed by atoms with Gasteiger partial charge in [-0.1, -0.05) is 264 Å². The van der Waals surface area contributed by atoms with Gasteiger partial charge in [0, 0.05) is 19.3 Å². The van der Waals surface area contributed by atoms with Crippen molar-refractivity contribution in [2.75, 3.05) is 13.2 Å². The molecular weight excluding hydrogens is 937 g/mol. The van der Waals surface area contributed by atoms with E-state index in [1.807, 2.05) is 6.08 Å². The third-order valence-corrected chi connectivity index (χ3v) is 12.9. The van der Waals surface area contributed by atoms with E-state index < -0.39 is 6.10 Å². The Balaban J connectivity index is 4.32. The molecule has 76 heavy (non-hydrogen) atoms. The van der Waals surface area contributed by atoms with Crippen molar-refractivity contribution in [3.05, 3.63) is 134 Å². The van der Waals surface area contributed by atoms with Crippen molar-refractivity contribution in [1.29, 1.82) is 0 Å². The van der Waals surface area contributed by atoms with Gasteiger partial charge in [0.25, 0.3) is 0 Å². The number of hydrogen-bond acceptors (Lipinski definition) is 6. The third kappa shape index (κ3) is 60.4. The molecule has 0 spiro atoms. The highest BCUT2D eigenvalue weighted by Crippen LogP contribution is 2.15. The van der Waals surface area contributed by atoms with Crippen molar-refractivity contribution in [3.8, 4) is 0 Å². The maximum Gasteiger partial charge on any atom is 0.306 e. The van der Waals surface area contributed by atoms with Crippen LogP contribution in [0.3, 0.4) is 0 Å². The van der Waals surface area contributed by atoms with E-state index in [2.05, 4.69) is 148 Å². The van der Waals surface area contributed by atoms with Crippen LogP contribution in [0.25, 0.3) is 0 Å². The van der Waals surface area contributed by atoms with Crippen molar-refractivity contribution >= 4 is 17.9 Å². The van der Waals surface area contributed by atoms with Crippen LogP contribution in [0.5, 0.6) is 0 Å². The normalized spacial score (nSPS) is 13.0. The van der Waals surface area contributed by atoms with Crippen LogP contribution in [0.1, 0.15) is 271 Å². The highest BCUT2D eigenvalue weighted by atomic mass is 16.6. The second kappa shape index (κ2) is 63.1. The number of rotatable bonds is 55. The molecule has 0 saturated carbocycles. The second-order valence-corrected chi connectivity index (χ2v) is 20.2. The molecule has 0 bridgehead atoms. The first-order valence-corrected chi connectivity index (χ1v) is 31.2. The third-order valence-electron chi connectivity index (χ3n) is 12.9. The number of unbranched alkanes of at least 4 members (excludes halogenated alkanes) is 22. The molecule has 0 aliphatic rings. The van der Waals surface area contributed by atoms with Gasteiger partial charge in [-0.25, -0.2) is 0 Å².